The molecule has 2 rings (SSSR count). The summed E-state index contributed by atoms with van der Waals surface area (Å²) in [5.41, 5.74) is 4.75. The van der Waals surface area contributed by atoms with Crippen molar-refractivity contribution < 1.29 is 4.74 Å². The maximum Gasteiger partial charge on any atom is 0.0909 e. The number of hydrogen-bond donors (Lipinski definition) is 0. The summed E-state index contributed by atoms with van der Waals surface area (Å²) in [6, 6.07) is 18.6. The lowest BCUT2D eigenvalue weighted by Crippen LogP contribution is -1.91. The number of aryl methyl sites for hydroxylation is 1. The second-order valence-electron chi connectivity index (χ2n) is 3.95. The van der Waals surface area contributed by atoms with Gasteiger partial charge >= 0.3 is 0 Å². The minimum Gasteiger partial charge on any atom is -0.504 e. The molecule has 0 aliphatic carbocycles. The monoisotopic (exact) mass is 224 g/mol. The van der Waals surface area contributed by atoms with Crippen molar-refractivity contribution in [2.24, 2.45) is 0 Å². The lowest BCUT2D eigenvalue weighted by Gasteiger charge is -2.10. The van der Waals surface area contributed by atoms with Crippen molar-refractivity contribution in [1.82, 2.24) is 0 Å². The van der Waals surface area contributed by atoms with Crippen LogP contribution in [0.15, 0.2) is 60.9 Å². The van der Waals surface area contributed by atoms with Crippen molar-refractivity contribution in [2.45, 2.75) is 6.92 Å². The zero-order valence-electron chi connectivity index (χ0n) is 10.2. The van der Waals surface area contributed by atoms with Crippen molar-refractivity contribution in [2.75, 3.05) is 7.11 Å². The topological polar surface area (TPSA) is 9.23 Å². The smallest absolute Gasteiger partial charge is 0.0909 e. The average molecular weight is 224 g/mol. The highest BCUT2D eigenvalue weighted by atomic mass is 16.5. The number of benzene rings is 2. The molecule has 0 atom stereocenters. The van der Waals surface area contributed by atoms with E-state index >= 15 is 0 Å². The summed E-state index contributed by atoms with van der Waals surface area (Å²) in [6.45, 7) is 2.11. The fourth-order valence-corrected chi connectivity index (χ4v) is 1.90. The van der Waals surface area contributed by atoms with Gasteiger partial charge in [0.25, 0.3) is 0 Å². The maximum atomic E-state index is 5.21. The lowest BCUT2D eigenvalue weighted by molar-refractivity contribution is 0.340. The molecule has 0 unspecified atom stereocenters. The first-order valence-electron chi connectivity index (χ1n) is 5.67. The number of rotatable bonds is 3. The van der Waals surface area contributed by atoms with Crippen LogP contribution in [0.3, 0.4) is 0 Å². The van der Waals surface area contributed by atoms with Gasteiger partial charge in [0.15, 0.2) is 0 Å². The molecule has 2 aromatic carbocycles. The van der Waals surface area contributed by atoms with E-state index < -0.39 is 0 Å². The maximum absolute atomic E-state index is 5.21. The molecule has 0 N–H and O–H groups in total. The summed E-state index contributed by atoms with van der Waals surface area (Å²) in [5.74, 6) is 0. The highest BCUT2D eigenvalue weighted by molar-refractivity contribution is 5.80. The summed E-state index contributed by atoms with van der Waals surface area (Å²) in [7, 11) is 1.68. The minimum absolute atomic E-state index is 1.12. The molecule has 0 radical (unpaired) electrons. The van der Waals surface area contributed by atoms with Crippen LogP contribution in [0.25, 0.3) is 5.57 Å². The Bertz CT molecular complexity index is 512. The van der Waals surface area contributed by atoms with Crippen molar-refractivity contribution in [1.29, 1.82) is 0 Å². The van der Waals surface area contributed by atoms with Crippen LogP contribution in [0, 0.1) is 6.92 Å². The Labute approximate surface area is 102 Å². The third-order valence-electron chi connectivity index (χ3n) is 2.76. The largest absolute Gasteiger partial charge is 0.504 e. The summed E-state index contributed by atoms with van der Waals surface area (Å²) in [4.78, 5) is 0. The molecule has 0 spiro atoms. The molecule has 0 aliphatic rings. The Kier molecular flexibility index (Phi) is 3.61. The summed E-state index contributed by atoms with van der Waals surface area (Å²) in [5, 5.41) is 0. The molecule has 86 valence electrons. The van der Waals surface area contributed by atoms with Crippen LogP contribution in [-0.4, -0.2) is 7.11 Å². The van der Waals surface area contributed by atoms with E-state index in [2.05, 4.69) is 37.3 Å². The summed E-state index contributed by atoms with van der Waals surface area (Å²) >= 11 is 0. The second kappa shape index (κ2) is 5.35. The van der Waals surface area contributed by atoms with E-state index in [9.17, 15) is 0 Å². The molecule has 17 heavy (non-hydrogen) atoms. The van der Waals surface area contributed by atoms with Crippen LogP contribution in [0.2, 0.25) is 0 Å². The summed E-state index contributed by atoms with van der Waals surface area (Å²) < 4.78 is 5.21. The van der Waals surface area contributed by atoms with Crippen molar-refractivity contribution in [3.8, 4) is 0 Å². The molecule has 0 saturated heterocycles. The molecule has 0 bridgehead atoms. The van der Waals surface area contributed by atoms with E-state index in [-0.39, 0.29) is 0 Å². The van der Waals surface area contributed by atoms with Gasteiger partial charge in [-0.2, -0.15) is 0 Å². The molecule has 1 heteroatoms. The molecule has 2 aromatic rings. The Morgan fingerprint density at radius 1 is 0.941 bits per heavy atom. The Morgan fingerprint density at radius 2 is 1.59 bits per heavy atom. The SMILES string of the molecule is COC=C(c1ccccc1)c1ccccc1C. The molecule has 0 aromatic heterocycles. The first-order chi connectivity index (χ1) is 8.33. The Hall–Kier alpha value is -2.02. The molecule has 0 amide bonds. The van der Waals surface area contributed by atoms with Gasteiger partial charge in [-0.25, -0.2) is 0 Å². The molecular formula is C16H16O. The van der Waals surface area contributed by atoms with Crippen LogP contribution in [-0.2, 0) is 4.74 Å². The molecule has 0 fully saturated rings. The van der Waals surface area contributed by atoms with E-state index in [1.54, 1.807) is 13.4 Å². The van der Waals surface area contributed by atoms with Gasteiger partial charge < -0.3 is 4.74 Å². The normalized spacial score (nSPS) is 11.3. The summed E-state index contributed by atoms with van der Waals surface area (Å²) in [6.07, 6.45) is 1.80. The fourth-order valence-electron chi connectivity index (χ4n) is 1.90. The van der Waals surface area contributed by atoms with Gasteiger partial charge in [-0.15, -0.1) is 0 Å². The quantitative estimate of drug-likeness (QED) is 0.715. The molecule has 0 aliphatic heterocycles. The zero-order chi connectivity index (χ0) is 12.1. The van der Waals surface area contributed by atoms with Gasteiger partial charge in [0.2, 0.25) is 0 Å². The minimum atomic E-state index is 1.12. The van der Waals surface area contributed by atoms with Gasteiger partial charge in [-0.05, 0) is 23.6 Å². The third-order valence-corrected chi connectivity index (χ3v) is 2.76. The van der Waals surface area contributed by atoms with Crippen LogP contribution < -0.4 is 0 Å². The Balaban J connectivity index is 2.52. The van der Waals surface area contributed by atoms with Crippen molar-refractivity contribution in [3.05, 3.63) is 77.5 Å². The molecule has 0 heterocycles. The third kappa shape index (κ3) is 2.56. The average Bonchev–Trinajstić information content (AvgIpc) is 2.38. The number of methoxy groups -OCH3 is 1. The van der Waals surface area contributed by atoms with Gasteiger partial charge in [0.05, 0.1) is 13.4 Å². The standard InChI is InChI=1S/C16H16O/c1-13-8-6-7-11-15(13)16(12-17-2)14-9-4-3-5-10-14/h3-12H,1-2H3. The van der Waals surface area contributed by atoms with Crippen molar-refractivity contribution >= 4 is 5.57 Å². The van der Waals surface area contributed by atoms with Crippen LogP contribution in [0.4, 0.5) is 0 Å². The second-order valence-corrected chi connectivity index (χ2v) is 3.95. The van der Waals surface area contributed by atoms with E-state index in [1.807, 2.05) is 24.3 Å². The first kappa shape index (κ1) is 11.5. The van der Waals surface area contributed by atoms with Gasteiger partial charge in [0.1, 0.15) is 0 Å². The van der Waals surface area contributed by atoms with Gasteiger partial charge in [0, 0.05) is 5.57 Å². The van der Waals surface area contributed by atoms with E-state index in [0.717, 1.165) is 5.57 Å². The van der Waals surface area contributed by atoms with E-state index in [1.165, 1.54) is 16.7 Å². The number of ether oxygens (including phenoxy) is 1. The molecular weight excluding hydrogens is 208 g/mol. The molecule has 1 nitrogen and oxygen atoms in total. The van der Waals surface area contributed by atoms with E-state index in [0.29, 0.717) is 0 Å². The first-order valence-corrected chi connectivity index (χ1v) is 5.67. The fraction of sp³-hybridized carbons (Fsp3) is 0.125. The van der Waals surface area contributed by atoms with Crippen LogP contribution in [0.5, 0.6) is 0 Å². The van der Waals surface area contributed by atoms with Gasteiger partial charge in [-0.3, -0.25) is 0 Å². The van der Waals surface area contributed by atoms with Crippen molar-refractivity contribution in [3.63, 3.8) is 0 Å². The molecule has 0 saturated carbocycles. The van der Waals surface area contributed by atoms with Crippen LogP contribution in [0.1, 0.15) is 16.7 Å². The number of hydrogen-bond acceptors (Lipinski definition) is 1. The van der Waals surface area contributed by atoms with E-state index in [4.69, 9.17) is 4.74 Å². The highest BCUT2D eigenvalue weighted by Gasteiger charge is 2.07. The predicted molar refractivity (Wildman–Crippen MR) is 71.7 cm³/mol. The highest BCUT2D eigenvalue weighted by Crippen LogP contribution is 2.25. The zero-order valence-corrected chi connectivity index (χ0v) is 10.2. The Morgan fingerprint density at radius 3 is 2.24 bits per heavy atom. The van der Waals surface area contributed by atoms with Crippen LogP contribution >= 0.6 is 0 Å². The predicted octanol–water partition coefficient (Wildman–Crippen LogP) is 4.03. The lowest BCUT2D eigenvalue weighted by atomic mass is 9.96. The van der Waals surface area contributed by atoms with Gasteiger partial charge in [-0.1, -0.05) is 54.6 Å².